The minimum absolute atomic E-state index is 0.00286. The summed E-state index contributed by atoms with van der Waals surface area (Å²) >= 11 is 0. The molecule has 0 bridgehead atoms. The average molecular weight is 420 g/mol. The molecular formula is C23H24N4O4. The van der Waals surface area contributed by atoms with Gasteiger partial charge in [-0.3, -0.25) is 14.4 Å². The summed E-state index contributed by atoms with van der Waals surface area (Å²) in [5.74, 6) is 0.940. The molecule has 8 nitrogen and oxygen atoms in total. The normalized spacial score (nSPS) is 15.0. The maximum absolute atomic E-state index is 13.1. The van der Waals surface area contributed by atoms with Crippen LogP contribution in [0.1, 0.15) is 40.9 Å². The van der Waals surface area contributed by atoms with Crippen molar-refractivity contribution in [2.75, 3.05) is 4.90 Å². The van der Waals surface area contributed by atoms with Crippen molar-refractivity contribution in [3.63, 3.8) is 0 Å². The summed E-state index contributed by atoms with van der Waals surface area (Å²) in [6, 6.07) is 14.2. The standard InChI is InChI=1S/C23H24N4O4/c1-15-13-17-5-3-4-6-20(17)27(15)23(30)19-9-10-22(29)26(25-19)12-11-21(28)24-14-18-8-7-16(2)31-18/h3-10,15H,11-14H2,1-2H3,(H,24,28)/t15-/m0/s1. The van der Waals surface area contributed by atoms with Crippen molar-refractivity contribution >= 4 is 17.5 Å². The van der Waals surface area contributed by atoms with Gasteiger partial charge in [0.15, 0.2) is 0 Å². The number of rotatable bonds is 6. The van der Waals surface area contributed by atoms with E-state index in [0.29, 0.717) is 5.76 Å². The van der Waals surface area contributed by atoms with Crippen molar-refractivity contribution < 1.29 is 14.0 Å². The minimum atomic E-state index is -0.360. The first kappa shape index (κ1) is 20.6. The summed E-state index contributed by atoms with van der Waals surface area (Å²) in [6.45, 7) is 4.17. The van der Waals surface area contributed by atoms with Gasteiger partial charge in [-0.15, -0.1) is 0 Å². The number of fused-ring (bicyclic) bond motifs is 1. The second kappa shape index (κ2) is 8.59. The fourth-order valence-corrected chi connectivity index (χ4v) is 3.78. The van der Waals surface area contributed by atoms with Crippen LogP contribution >= 0.6 is 0 Å². The first-order valence-corrected chi connectivity index (χ1v) is 10.2. The molecule has 0 saturated heterocycles. The lowest BCUT2D eigenvalue weighted by Gasteiger charge is -2.22. The number of nitrogens with zero attached hydrogens (tertiary/aromatic N) is 3. The molecule has 8 heteroatoms. The van der Waals surface area contributed by atoms with E-state index in [1.54, 1.807) is 11.0 Å². The number of aryl methyl sites for hydroxylation is 2. The second-order valence-corrected chi connectivity index (χ2v) is 7.68. The Kier molecular flexibility index (Phi) is 5.70. The zero-order valence-electron chi connectivity index (χ0n) is 17.5. The minimum Gasteiger partial charge on any atom is -0.465 e. The summed E-state index contributed by atoms with van der Waals surface area (Å²) in [5.41, 5.74) is 1.79. The number of benzene rings is 1. The molecule has 3 aromatic rings. The van der Waals surface area contributed by atoms with Crippen LogP contribution in [-0.2, 0) is 24.3 Å². The van der Waals surface area contributed by atoms with E-state index in [1.807, 2.05) is 44.2 Å². The fourth-order valence-electron chi connectivity index (χ4n) is 3.78. The number of anilines is 1. The van der Waals surface area contributed by atoms with E-state index in [-0.39, 0.29) is 48.6 Å². The molecule has 1 N–H and O–H groups in total. The van der Waals surface area contributed by atoms with E-state index in [2.05, 4.69) is 10.4 Å². The van der Waals surface area contributed by atoms with Crippen LogP contribution in [0.5, 0.6) is 0 Å². The lowest BCUT2D eigenvalue weighted by atomic mass is 10.1. The smallest absolute Gasteiger partial charge is 0.278 e. The molecule has 0 spiro atoms. The Hall–Kier alpha value is -3.68. The maximum atomic E-state index is 13.1. The molecule has 1 aliphatic heterocycles. The topological polar surface area (TPSA) is 97.4 Å². The molecule has 1 atom stereocenters. The van der Waals surface area contributed by atoms with Crippen molar-refractivity contribution in [1.29, 1.82) is 0 Å². The molecule has 160 valence electrons. The highest BCUT2D eigenvalue weighted by atomic mass is 16.3. The number of amides is 2. The van der Waals surface area contributed by atoms with Gasteiger partial charge >= 0.3 is 0 Å². The van der Waals surface area contributed by atoms with Gasteiger partial charge in [0.2, 0.25) is 5.91 Å². The summed E-state index contributed by atoms with van der Waals surface area (Å²) in [4.78, 5) is 39.2. The highest BCUT2D eigenvalue weighted by molar-refractivity contribution is 6.06. The molecule has 0 saturated carbocycles. The molecule has 31 heavy (non-hydrogen) atoms. The van der Waals surface area contributed by atoms with Gasteiger partial charge in [0.05, 0.1) is 13.1 Å². The molecule has 1 aliphatic rings. The van der Waals surface area contributed by atoms with Gasteiger partial charge in [-0.1, -0.05) is 18.2 Å². The lowest BCUT2D eigenvalue weighted by Crippen LogP contribution is -2.38. The van der Waals surface area contributed by atoms with E-state index < -0.39 is 0 Å². The Balaban J connectivity index is 1.43. The van der Waals surface area contributed by atoms with E-state index in [0.717, 1.165) is 28.1 Å². The first-order valence-electron chi connectivity index (χ1n) is 10.2. The van der Waals surface area contributed by atoms with Crippen LogP contribution in [0.4, 0.5) is 5.69 Å². The summed E-state index contributed by atoms with van der Waals surface area (Å²) in [7, 11) is 0. The second-order valence-electron chi connectivity index (χ2n) is 7.68. The van der Waals surface area contributed by atoms with E-state index >= 15 is 0 Å². The Morgan fingerprint density at radius 2 is 1.97 bits per heavy atom. The van der Waals surface area contributed by atoms with Crippen LogP contribution < -0.4 is 15.8 Å². The fraction of sp³-hybridized carbons (Fsp3) is 0.304. The number of hydrogen-bond donors (Lipinski definition) is 1. The molecule has 4 rings (SSSR count). The average Bonchev–Trinajstić information content (AvgIpc) is 3.32. The molecule has 3 heterocycles. The van der Waals surface area contributed by atoms with E-state index in [1.165, 1.54) is 12.1 Å². The number of carbonyl (C=O) groups excluding carboxylic acids is 2. The van der Waals surface area contributed by atoms with Gasteiger partial charge in [-0.2, -0.15) is 5.10 Å². The monoisotopic (exact) mass is 420 g/mol. The zero-order chi connectivity index (χ0) is 22.0. The lowest BCUT2D eigenvalue weighted by molar-refractivity contribution is -0.121. The Bertz CT molecular complexity index is 1180. The molecule has 0 unspecified atom stereocenters. The van der Waals surface area contributed by atoms with Crippen LogP contribution in [0, 0.1) is 6.92 Å². The molecular weight excluding hydrogens is 396 g/mol. The van der Waals surface area contributed by atoms with Gasteiger partial charge < -0.3 is 14.6 Å². The molecule has 0 fully saturated rings. The van der Waals surface area contributed by atoms with Crippen molar-refractivity contribution in [1.82, 2.24) is 15.1 Å². The van der Waals surface area contributed by atoms with Gasteiger partial charge in [-0.05, 0) is 50.1 Å². The van der Waals surface area contributed by atoms with Gasteiger partial charge in [0.1, 0.15) is 17.2 Å². The first-order chi connectivity index (χ1) is 14.9. The number of nitrogens with one attached hydrogen (secondary N) is 1. The Labute approximate surface area is 179 Å². The van der Waals surface area contributed by atoms with Gasteiger partial charge in [0, 0.05) is 24.2 Å². The molecule has 0 aliphatic carbocycles. The Morgan fingerprint density at radius 3 is 2.74 bits per heavy atom. The third kappa shape index (κ3) is 4.42. The highest BCUT2D eigenvalue weighted by Crippen LogP contribution is 2.32. The third-order valence-electron chi connectivity index (χ3n) is 5.32. The summed E-state index contributed by atoms with van der Waals surface area (Å²) < 4.78 is 6.58. The van der Waals surface area contributed by atoms with Crippen LogP contribution in [0.2, 0.25) is 0 Å². The van der Waals surface area contributed by atoms with Crippen LogP contribution in [0.25, 0.3) is 0 Å². The molecule has 2 amide bonds. The number of para-hydroxylation sites is 1. The van der Waals surface area contributed by atoms with Crippen LogP contribution in [0.15, 0.2) is 57.7 Å². The largest absolute Gasteiger partial charge is 0.465 e. The number of hydrogen-bond acceptors (Lipinski definition) is 5. The summed E-state index contributed by atoms with van der Waals surface area (Å²) in [5, 5.41) is 6.98. The highest BCUT2D eigenvalue weighted by Gasteiger charge is 2.32. The van der Waals surface area contributed by atoms with E-state index in [9.17, 15) is 14.4 Å². The molecule has 2 aromatic heterocycles. The number of carbonyl (C=O) groups is 2. The van der Waals surface area contributed by atoms with E-state index in [4.69, 9.17) is 4.42 Å². The predicted octanol–water partition coefficient (Wildman–Crippen LogP) is 2.44. The molecule has 1 aromatic carbocycles. The van der Waals surface area contributed by atoms with Gasteiger partial charge in [0.25, 0.3) is 11.5 Å². The van der Waals surface area contributed by atoms with Crippen LogP contribution in [0.3, 0.4) is 0 Å². The number of furan rings is 1. The third-order valence-corrected chi connectivity index (χ3v) is 5.32. The van der Waals surface area contributed by atoms with Crippen molar-refractivity contribution in [3.8, 4) is 0 Å². The van der Waals surface area contributed by atoms with Crippen molar-refractivity contribution in [2.24, 2.45) is 0 Å². The summed E-state index contributed by atoms with van der Waals surface area (Å²) in [6.07, 6.45) is 0.837. The number of aromatic nitrogens is 2. The van der Waals surface area contributed by atoms with Gasteiger partial charge in [-0.25, -0.2) is 4.68 Å². The maximum Gasteiger partial charge on any atom is 0.278 e. The van der Waals surface area contributed by atoms with Crippen LogP contribution in [-0.4, -0.2) is 27.6 Å². The Morgan fingerprint density at radius 1 is 1.16 bits per heavy atom. The predicted molar refractivity (Wildman–Crippen MR) is 115 cm³/mol. The quantitative estimate of drug-likeness (QED) is 0.661. The molecule has 0 radical (unpaired) electrons. The van der Waals surface area contributed by atoms with Crippen molar-refractivity contribution in [3.05, 3.63) is 81.7 Å². The van der Waals surface area contributed by atoms with Crippen molar-refractivity contribution in [2.45, 2.75) is 45.8 Å². The SMILES string of the molecule is Cc1ccc(CNC(=O)CCn2nc(C(=O)N3c4ccccc4C[C@@H]3C)ccc2=O)o1. The zero-order valence-corrected chi connectivity index (χ0v) is 17.5.